The fraction of sp³-hybridized carbons (Fsp3) is 0.238. The van der Waals surface area contributed by atoms with Crippen LogP contribution in [-0.2, 0) is 14.3 Å². The van der Waals surface area contributed by atoms with E-state index in [0.29, 0.717) is 22.2 Å². The predicted octanol–water partition coefficient (Wildman–Crippen LogP) is 4.25. The number of hydrogen-bond acceptors (Lipinski definition) is 5. The molecule has 0 aliphatic carbocycles. The molecule has 0 fully saturated rings. The maximum atomic E-state index is 11.9. The van der Waals surface area contributed by atoms with Crippen molar-refractivity contribution >= 4 is 35.2 Å². The van der Waals surface area contributed by atoms with Crippen molar-refractivity contribution in [1.82, 2.24) is 0 Å². The Morgan fingerprint density at radius 1 is 1.11 bits per heavy atom. The van der Waals surface area contributed by atoms with Crippen molar-refractivity contribution in [3.05, 3.63) is 58.6 Å². The summed E-state index contributed by atoms with van der Waals surface area (Å²) in [6.45, 7) is 2.97. The van der Waals surface area contributed by atoms with Crippen LogP contribution in [0.2, 0.25) is 5.02 Å². The number of methoxy groups -OCH3 is 1. The molecule has 1 amide bonds. The lowest BCUT2D eigenvalue weighted by molar-refractivity contribution is -0.149. The zero-order chi connectivity index (χ0) is 20.5. The number of benzene rings is 2. The second-order valence-corrected chi connectivity index (χ2v) is 6.30. The number of halogens is 1. The number of nitrogens with one attached hydrogen (secondary N) is 1. The highest BCUT2D eigenvalue weighted by Crippen LogP contribution is 2.28. The van der Waals surface area contributed by atoms with E-state index >= 15 is 0 Å². The lowest BCUT2D eigenvalue weighted by Crippen LogP contribution is -2.24. The summed E-state index contributed by atoms with van der Waals surface area (Å²) in [6, 6.07) is 10.4. The number of amides is 1. The van der Waals surface area contributed by atoms with Crippen molar-refractivity contribution in [2.45, 2.75) is 13.8 Å². The van der Waals surface area contributed by atoms with Crippen LogP contribution in [0.1, 0.15) is 18.1 Å². The number of ether oxygens (including phenoxy) is 3. The Bertz CT molecular complexity index is 879. The summed E-state index contributed by atoms with van der Waals surface area (Å²) in [5, 5.41) is 3.24. The van der Waals surface area contributed by atoms with Gasteiger partial charge in [-0.2, -0.15) is 0 Å². The number of anilines is 1. The second-order valence-electron chi connectivity index (χ2n) is 5.87. The molecule has 2 aromatic carbocycles. The molecule has 28 heavy (non-hydrogen) atoms. The summed E-state index contributed by atoms with van der Waals surface area (Å²) < 4.78 is 15.6. The maximum Gasteiger partial charge on any atom is 0.344 e. The molecular weight excluding hydrogens is 382 g/mol. The van der Waals surface area contributed by atoms with Gasteiger partial charge in [-0.05, 0) is 55.3 Å². The van der Waals surface area contributed by atoms with Crippen LogP contribution in [0.5, 0.6) is 11.5 Å². The molecule has 0 aliphatic heterocycles. The summed E-state index contributed by atoms with van der Waals surface area (Å²) in [5.74, 6) is -0.206. The van der Waals surface area contributed by atoms with Crippen LogP contribution in [0.3, 0.4) is 0 Å². The summed E-state index contributed by atoms with van der Waals surface area (Å²) in [6.07, 6.45) is 3.82. The van der Waals surface area contributed by atoms with E-state index in [1.54, 1.807) is 30.3 Å². The summed E-state index contributed by atoms with van der Waals surface area (Å²) in [4.78, 5) is 23.8. The Hall–Kier alpha value is -2.99. The van der Waals surface area contributed by atoms with Crippen LogP contribution >= 0.6 is 11.6 Å². The molecule has 0 spiro atoms. The zero-order valence-electron chi connectivity index (χ0n) is 16.0. The summed E-state index contributed by atoms with van der Waals surface area (Å²) in [5.41, 5.74) is 2.36. The number of esters is 1. The normalized spacial score (nSPS) is 10.6. The number of hydrogen-bond donors (Lipinski definition) is 1. The van der Waals surface area contributed by atoms with Gasteiger partial charge in [0.1, 0.15) is 0 Å². The van der Waals surface area contributed by atoms with Crippen molar-refractivity contribution in [3.8, 4) is 11.5 Å². The first-order valence-corrected chi connectivity index (χ1v) is 8.96. The summed E-state index contributed by atoms with van der Waals surface area (Å²) in [7, 11) is 1.52. The standard InChI is InChI=1S/C21H22ClNO5/c1-4-5-15-6-9-18(19(11-15)26-3)27-13-21(25)28-12-20(24)23-17-8-7-16(22)10-14(17)2/h4-11H,12-13H2,1-3H3,(H,23,24)/b5-4+. The van der Waals surface area contributed by atoms with Gasteiger partial charge in [0.15, 0.2) is 24.7 Å². The molecule has 0 heterocycles. The van der Waals surface area contributed by atoms with Gasteiger partial charge in [-0.3, -0.25) is 4.79 Å². The molecular formula is C21H22ClNO5. The fourth-order valence-electron chi connectivity index (χ4n) is 2.38. The highest BCUT2D eigenvalue weighted by atomic mass is 35.5. The molecule has 0 unspecified atom stereocenters. The third-order valence-electron chi connectivity index (χ3n) is 3.72. The van der Waals surface area contributed by atoms with E-state index in [1.807, 2.05) is 32.1 Å². The maximum absolute atomic E-state index is 11.9. The average molecular weight is 404 g/mol. The van der Waals surface area contributed by atoms with Gasteiger partial charge >= 0.3 is 5.97 Å². The quantitative estimate of drug-likeness (QED) is 0.667. The molecule has 0 aromatic heterocycles. The highest BCUT2D eigenvalue weighted by molar-refractivity contribution is 6.30. The number of allylic oxidation sites excluding steroid dienone is 1. The Morgan fingerprint density at radius 3 is 2.57 bits per heavy atom. The van der Waals surface area contributed by atoms with E-state index in [0.717, 1.165) is 11.1 Å². The van der Waals surface area contributed by atoms with Crippen LogP contribution < -0.4 is 14.8 Å². The third kappa shape index (κ3) is 6.32. The first kappa shape index (κ1) is 21.3. The minimum atomic E-state index is -0.664. The van der Waals surface area contributed by atoms with Crippen molar-refractivity contribution in [1.29, 1.82) is 0 Å². The molecule has 0 saturated heterocycles. The van der Waals surface area contributed by atoms with Crippen molar-refractivity contribution in [2.24, 2.45) is 0 Å². The molecule has 0 bridgehead atoms. The molecule has 6 nitrogen and oxygen atoms in total. The zero-order valence-corrected chi connectivity index (χ0v) is 16.7. The molecule has 1 N–H and O–H groups in total. The fourth-order valence-corrected chi connectivity index (χ4v) is 2.60. The number of aryl methyl sites for hydroxylation is 1. The van der Waals surface area contributed by atoms with Crippen molar-refractivity contribution < 1.29 is 23.8 Å². The first-order valence-electron chi connectivity index (χ1n) is 8.58. The molecule has 0 aliphatic rings. The van der Waals surface area contributed by atoms with Crippen LogP contribution in [0, 0.1) is 6.92 Å². The van der Waals surface area contributed by atoms with E-state index in [-0.39, 0.29) is 6.61 Å². The van der Waals surface area contributed by atoms with Crippen molar-refractivity contribution in [2.75, 3.05) is 25.6 Å². The van der Waals surface area contributed by atoms with Gasteiger partial charge in [0.05, 0.1) is 7.11 Å². The number of carbonyl (C=O) groups excluding carboxylic acids is 2. The van der Waals surface area contributed by atoms with Gasteiger partial charge in [-0.15, -0.1) is 0 Å². The molecule has 0 saturated carbocycles. The van der Waals surface area contributed by atoms with Gasteiger partial charge in [-0.25, -0.2) is 4.79 Å². The van der Waals surface area contributed by atoms with Gasteiger partial charge in [0.2, 0.25) is 0 Å². The lowest BCUT2D eigenvalue weighted by Gasteiger charge is -2.12. The van der Waals surface area contributed by atoms with Crippen LogP contribution in [0.25, 0.3) is 6.08 Å². The van der Waals surface area contributed by atoms with E-state index in [4.69, 9.17) is 25.8 Å². The number of carbonyl (C=O) groups is 2. The molecule has 148 valence electrons. The van der Waals surface area contributed by atoms with Crippen molar-refractivity contribution in [3.63, 3.8) is 0 Å². The Labute approximate surface area is 169 Å². The topological polar surface area (TPSA) is 73.9 Å². The predicted molar refractivity (Wildman–Crippen MR) is 109 cm³/mol. The van der Waals surface area contributed by atoms with E-state index in [1.165, 1.54) is 7.11 Å². The van der Waals surface area contributed by atoms with Gasteiger partial charge in [-0.1, -0.05) is 29.8 Å². The van der Waals surface area contributed by atoms with Crippen LogP contribution in [0.4, 0.5) is 5.69 Å². The van der Waals surface area contributed by atoms with E-state index in [2.05, 4.69) is 5.32 Å². The molecule has 0 radical (unpaired) electrons. The highest BCUT2D eigenvalue weighted by Gasteiger charge is 2.12. The largest absolute Gasteiger partial charge is 0.493 e. The number of rotatable bonds is 8. The Morgan fingerprint density at radius 2 is 1.89 bits per heavy atom. The summed E-state index contributed by atoms with van der Waals surface area (Å²) >= 11 is 5.88. The Balaban J connectivity index is 1.83. The van der Waals surface area contributed by atoms with Gasteiger partial charge in [0, 0.05) is 10.7 Å². The molecule has 7 heteroatoms. The van der Waals surface area contributed by atoms with Crippen LogP contribution in [0.15, 0.2) is 42.5 Å². The van der Waals surface area contributed by atoms with E-state index < -0.39 is 18.5 Å². The smallest absolute Gasteiger partial charge is 0.344 e. The minimum Gasteiger partial charge on any atom is -0.493 e. The second kappa shape index (κ2) is 10.4. The molecule has 0 atom stereocenters. The average Bonchev–Trinajstić information content (AvgIpc) is 2.67. The minimum absolute atomic E-state index is 0.341. The van der Waals surface area contributed by atoms with Gasteiger partial charge in [0.25, 0.3) is 5.91 Å². The Kier molecular flexibility index (Phi) is 7.89. The van der Waals surface area contributed by atoms with Crippen LogP contribution in [-0.4, -0.2) is 32.2 Å². The monoisotopic (exact) mass is 403 g/mol. The molecule has 2 aromatic rings. The first-order chi connectivity index (χ1) is 13.4. The SMILES string of the molecule is C/C=C/c1ccc(OCC(=O)OCC(=O)Nc2ccc(Cl)cc2C)c(OC)c1. The molecule has 2 rings (SSSR count). The van der Waals surface area contributed by atoms with Gasteiger partial charge < -0.3 is 19.5 Å². The lowest BCUT2D eigenvalue weighted by atomic mass is 10.2. The third-order valence-corrected chi connectivity index (χ3v) is 3.95. The van der Waals surface area contributed by atoms with E-state index in [9.17, 15) is 9.59 Å².